The minimum absolute atomic E-state index is 0.0482. The van der Waals surface area contributed by atoms with Crippen LogP contribution in [0.5, 0.6) is 0 Å². The van der Waals surface area contributed by atoms with Crippen molar-refractivity contribution < 1.29 is 27.2 Å². The Bertz CT molecular complexity index is 1000. The van der Waals surface area contributed by atoms with Crippen LogP contribution in [0.4, 0.5) is 11.6 Å². The highest BCUT2D eigenvalue weighted by Crippen LogP contribution is 2.29. The van der Waals surface area contributed by atoms with Crippen molar-refractivity contribution in [3.63, 3.8) is 0 Å². The molecule has 26 heavy (non-hydrogen) atoms. The number of carbonyl (C=O) groups is 2. The molecule has 0 bridgehead atoms. The zero-order chi connectivity index (χ0) is 19.5. The Kier molecular flexibility index (Phi) is 5.33. The number of furan rings is 1. The van der Waals surface area contributed by atoms with Gasteiger partial charge in [-0.25, -0.2) is 17.9 Å². The molecule has 0 saturated carbocycles. The highest BCUT2D eigenvalue weighted by Gasteiger charge is 2.27. The van der Waals surface area contributed by atoms with Gasteiger partial charge in [-0.05, 0) is 31.2 Å². The standard InChI is InChI=1S/C16H15N3O6S/c1-9-14(16(21)24-3)13(8-17)15(25-9)19-26(22,23)12-6-4-11(5-7-12)18-10(2)20/h4-7,19H,1-3H3,(H,18,20). The van der Waals surface area contributed by atoms with Crippen LogP contribution in [-0.2, 0) is 19.6 Å². The monoisotopic (exact) mass is 377 g/mol. The van der Waals surface area contributed by atoms with E-state index in [1.807, 2.05) is 0 Å². The molecule has 0 unspecified atom stereocenters. The summed E-state index contributed by atoms with van der Waals surface area (Å²) < 4.78 is 36.9. The van der Waals surface area contributed by atoms with Crippen LogP contribution in [0.15, 0.2) is 33.6 Å². The molecule has 0 saturated heterocycles. The van der Waals surface area contributed by atoms with E-state index in [2.05, 4.69) is 14.8 Å². The van der Waals surface area contributed by atoms with Crippen LogP contribution in [0.25, 0.3) is 0 Å². The van der Waals surface area contributed by atoms with Gasteiger partial charge in [0.1, 0.15) is 23.0 Å². The molecule has 0 fully saturated rings. The predicted molar refractivity (Wildman–Crippen MR) is 91.1 cm³/mol. The number of carbonyl (C=O) groups excluding carboxylic acids is 2. The van der Waals surface area contributed by atoms with E-state index in [0.29, 0.717) is 5.69 Å². The lowest BCUT2D eigenvalue weighted by Crippen LogP contribution is -2.14. The molecule has 0 atom stereocenters. The van der Waals surface area contributed by atoms with E-state index in [4.69, 9.17) is 4.42 Å². The number of aryl methyl sites for hydroxylation is 1. The Hall–Kier alpha value is -3.32. The molecule has 0 aliphatic heterocycles. The fraction of sp³-hybridized carbons (Fsp3) is 0.188. The second-order valence-electron chi connectivity index (χ2n) is 5.15. The number of ether oxygens (including phenoxy) is 1. The summed E-state index contributed by atoms with van der Waals surface area (Å²) in [6.45, 7) is 2.74. The molecule has 0 radical (unpaired) electrons. The first-order chi connectivity index (χ1) is 12.2. The van der Waals surface area contributed by atoms with Gasteiger partial charge < -0.3 is 14.5 Å². The number of sulfonamides is 1. The molecule has 1 amide bonds. The molecule has 2 aromatic rings. The molecular formula is C16H15N3O6S. The molecule has 2 N–H and O–H groups in total. The molecule has 9 nitrogen and oxygen atoms in total. The smallest absolute Gasteiger partial charge is 0.342 e. The summed E-state index contributed by atoms with van der Waals surface area (Å²) in [6, 6.07) is 7.11. The minimum atomic E-state index is -4.09. The third-order valence-corrected chi connectivity index (χ3v) is 4.64. The Morgan fingerprint density at radius 2 is 1.85 bits per heavy atom. The minimum Gasteiger partial charge on any atom is -0.465 e. The van der Waals surface area contributed by atoms with Gasteiger partial charge >= 0.3 is 5.97 Å². The van der Waals surface area contributed by atoms with Gasteiger partial charge in [0.15, 0.2) is 0 Å². The van der Waals surface area contributed by atoms with Crippen molar-refractivity contribution in [2.45, 2.75) is 18.7 Å². The fourth-order valence-corrected chi connectivity index (χ4v) is 3.17. The van der Waals surface area contributed by atoms with Crippen LogP contribution in [0.2, 0.25) is 0 Å². The van der Waals surface area contributed by atoms with Gasteiger partial charge in [0, 0.05) is 12.6 Å². The number of hydrogen-bond donors (Lipinski definition) is 2. The average molecular weight is 377 g/mol. The van der Waals surface area contributed by atoms with Gasteiger partial charge in [-0.1, -0.05) is 0 Å². The van der Waals surface area contributed by atoms with Crippen molar-refractivity contribution in [2.75, 3.05) is 17.1 Å². The zero-order valence-corrected chi connectivity index (χ0v) is 14.9. The van der Waals surface area contributed by atoms with Gasteiger partial charge in [-0.3, -0.25) is 4.79 Å². The lowest BCUT2D eigenvalue weighted by molar-refractivity contribution is -0.114. The molecule has 0 spiro atoms. The fourth-order valence-electron chi connectivity index (χ4n) is 2.17. The summed E-state index contributed by atoms with van der Waals surface area (Å²) in [6.07, 6.45) is 0. The van der Waals surface area contributed by atoms with E-state index >= 15 is 0 Å². The topological polar surface area (TPSA) is 138 Å². The van der Waals surface area contributed by atoms with Crippen LogP contribution in [0.1, 0.15) is 28.6 Å². The summed E-state index contributed by atoms with van der Waals surface area (Å²) >= 11 is 0. The Morgan fingerprint density at radius 3 is 2.35 bits per heavy atom. The van der Waals surface area contributed by atoms with E-state index in [0.717, 1.165) is 7.11 Å². The number of esters is 1. The summed E-state index contributed by atoms with van der Waals surface area (Å²) in [4.78, 5) is 22.6. The summed E-state index contributed by atoms with van der Waals surface area (Å²) in [7, 11) is -2.95. The number of benzene rings is 1. The first-order valence-electron chi connectivity index (χ1n) is 7.22. The molecule has 136 valence electrons. The lowest BCUT2D eigenvalue weighted by atomic mass is 10.1. The number of methoxy groups -OCH3 is 1. The van der Waals surface area contributed by atoms with Gasteiger partial charge in [-0.2, -0.15) is 5.26 Å². The maximum Gasteiger partial charge on any atom is 0.342 e. The summed E-state index contributed by atoms with van der Waals surface area (Å²) in [5.41, 5.74) is 0.0116. The van der Waals surface area contributed by atoms with Gasteiger partial charge in [0.2, 0.25) is 11.8 Å². The van der Waals surface area contributed by atoms with E-state index in [1.54, 1.807) is 6.07 Å². The summed E-state index contributed by atoms with van der Waals surface area (Å²) in [5.74, 6) is -1.44. The highest BCUT2D eigenvalue weighted by atomic mass is 32.2. The second kappa shape index (κ2) is 7.28. The first-order valence-corrected chi connectivity index (χ1v) is 8.70. The van der Waals surface area contributed by atoms with E-state index in [1.165, 1.54) is 38.1 Å². The van der Waals surface area contributed by atoms with Crippen molar-refractivity contribution >= 4 is 33.5 Å². The van der Waals surface area contributed by atoms with Gasteiger partial charge in [0.25, 0.3) is 10.0 Å². The SMILES string of the molecule is COC(=O)c1c(C)oc(NS(=O)(=O)c2ccc(NC(C)=O)cc2)c1C#N. The molecule has 2 rings (SSSR count). The van der Waals surface area contributed by atoms with E-state index in [9.17, 15) is 23.3 Å². The number of nitrogens with zero attached hydrogens (tertiary/aromatic N) is 1. The van der Waals surface area contributed by atoms with Crippen LogP contribution in [0, 0.1) is 18.3 Å². The molecule has 1 heterocycles. The number of anilines is 2. The maximum absolute atomic E-state index is 12.5. The molecule has 1 aromatic carbocycles. The number of rotatable bonds is 5. The van der Waals surface area contributed by atoms with Crippen molar-refractivity contribution in [1.82, 2.24) is 0 Å². The van der Waals surface area contributed by atoms with Crippen molar-refractivity contribution in [1.29, 1.82) is 5.26 Å². The quantitative estimate of drug-likeness (QED) is 0.760. The van der Waals surface area contributed by atoms with E-state index in [-0.39, 0.29) is 33.6 Å². The largest absolute Gasteiger partial charge is 0.465 e. The first kappa shape index (κ1) is 19.0. The normalized spacial score (nSPS) is 10.7. The summed E-state index contributed by atoms with van der Waals surface area (Å²) in [5, 5.41) is 11.8. The zero-order valence-electron chi connectivity index (χ0n) is 14.1. The molecule has 0 aliphatic rings. The number of nitrogens with one attached hydrogen (secondary N) is 2. The lowest BCUT2D eigenvalue weighted by Gasteiger charge is -2.07. The third-order valence-electron chi connectivity index (χ3n) is 3.30. The number of hydrogen-bond acceptors (Lipinski definition) is 7. The number of amides is 1. The molecule has 0 aliphatic carbocycles. The molecule has 1 aromatic heterocycles. The predicted octanol–water partition coefficient (Wildman–Crippen LogP) is 2.01. The Morgan fingerprint density at radius 1 is 1.23 bits per heavy atom. The molecular weight excluding hydrogens is 362 g/mol. The van der Waals surface area contributed by atoms with Gasteiger partial charge in [0.05, 0.1) is 12.0 Å². The van der Waals surface area contributed by atoms with Crippen LogP contribution in [0.3, 0.4) is 0 Å². The third kappa shape index (κ3) is 3.84. The van der Waals surface area contributed by atoms with Crippen molar-refractivity contribution in [3.8, 4) is 6.07 Å². The van der Waals surface area contributed by atoms with Gasteiger partial charge in [-0.15, -0.1) is 0 Å². The maximum atomic E-state index is 12.5. The van der Waals surface area contributed by atoms with Crippen LogP contribution in [-0.4, -0.2) is 27.4 Å². The van der Waals surface area contributed by atoms with Crippen LogP contribution < -0.4 is 10.0 Å². The second-order valence-corrected chi connectivity index (χ2v) is 6.83. The van der Waals surface area contributed by atoms with Crippen LogP contribution >= 0.6 is 0 Å². The average Bonchev–Trinajstić information content (AvgIpc) is 2.88. The number of nitriles is 1. The molecule has 10 heteroatoms. The van der Waals surface area contributed by atoms with Crippen molar-refractivity contribution in [3.05, 3.63) is 41.2 Å². The Balaban J connectivity index is 2.37. The Labute approximate surface area is 149 Å². The highest BCUT2D eigenvalue weighted by molar-refractivity contribution is 7.92. The van der Waals surface area contributed by atoms with E-state index < -0.39 is 16.0 Å². The van der Waals surface area contributed by atoms with Crippen molar-refractivity contribution in [2.24, 2.45) is 0 Å².